The van der Waals surface area contributed by atoms with E-state index in [1.807, 2.05) is 0 Å². The zero-order valence-electron chi connectivity index (χ0n) is 26.2. The van der Waals surface area contributed by atoms with Crippen LogP contribution in [0, 0.1) is 5.82 Å². The van der Waals surface area contributed by atoms with Gasteiger partial charge >= 0.3 is 18.2 Å². The summed E-state index contributed by atoms with van der Waals surface area (Å²) in [5, 5.41) is 2.31. The number of likely N-dealkylation sites (tertiary alicyclic amines) is 1. The summed E-state index contributed by atoms with van der Waals surface area (Å²) in [4.78, 5) is 56.7. The van der Waals surface area contributed by atoms with Crippen molar-refractivity contribution in [2.45, 2.75) is 63.3 Å². The number of rotatable bonds is 9. The van der Waals surface area contributed by atoms with Crippen LogP contribution in [0.15, 0.2) is 84.9 Å². The Morgan fingerprint density at radius 2 is 1.62 bits per heavy atom. The summed E-state index contributed by atoms with van der Waals surface area (Å²) in [5.74, 6) is -4.59. The molecule has 13 heteroatoms. The van der Waals surface area contributed by atoms with Gasteiger partial charge in [-0.1, -0.05) is 84.9 Å². The predicted molar refractivity (Wildman–Crippen MR) is 165 cm³/mol. The number of carbonyl (C=O) groups is 4. The number of benzene rings is 3. The Morgan fingerprint density at radius 1 is 0.979 bits per heavy atom. The van der Waals surface area contributed by atoms with Gasteiger partial charge < -0.3 is 19.7 Å². The average molecular weight is 668 g/mol. The highest BCUT2D eigenvalue weighted by Gasteiger charge is 2.60. The fourth-order valence-corrected chi connectivity index (χ4v) is 5.66. The standard InChI is InChI=1S/C35H33F4N3O6/c1-34(2,3)48-32(45)29(30(43)40-19-23-15-10-16-24(27(23)36)35(37,38)39)41-25(18-17-21-11-6-4-7-12-21)28(31(41)44)42-26(20-47-33(42)46)22-13-8-5-9-14-22/h4-18,25-26,28-29H,19-20H2,1-3H3,(H,40,43)/t25-,26-,28+,29?/m1/s1. The second-order valence-corrected chi connectivity index (χ2v) is 12.3. The van der Waals surface area contributed by atoms with Crippen LogP contribution in [0.4, 0.5) is 22.4 Å². The molecular formula is C35H33F4N3O6. The first-order valence-corrected chi connectivity index (χ1v) is 15.1. The van der Waals surface area contributed by atoms with Gasteiger partial charge in [0, 0.05) is 12.1 Å². The molecule has 0 bridgehead atoms. The lowest BCUT2D eigenvalue weighted by Gasteiger charge is -2.51. The van der Waals surface area contributed by atoms with E-state index in [0.29, 0.717) is 11.6 Å². The number of ether oxygens (including phenoxy) is 2. The lowest BCUT2D eigenvalue weighted by molar-refractivity contribution is -0.179. The molecule has 0 saturated carbocycles. The number of β-lactam (4-membered cyclic amide) rings is 1. The zero-order valence-corrected chi connectivity index (χ0v) is 26.2. The van der Waals surface area contributed by atoms with Crippen molar-refractivity contribution in [1.82, 2.24) is 15.1 Å². The second-order valence-electron chi connectivity index (χ2n) is 12.3. The number of amides is 3. The molecule has 2 fully saturated rings. The van der Waals surface area contributed by atoms with Gasteiger partial charge in [0.25, 0.3) is 5.91 Å². The Labute approximate surface area is 274 Å². The summed E-state index contributed by atoms with van der Waals surface area (Å²) in [6.07, 6.45) is -2.50. The predicted octanol–water partition coefficient (Wildman–Crippen LogP) is 5.66. The summed E-state index contributed by atoms with van der Waals surface area (Å²) in [6.45, 7) is 3.89. The summed E-state index contributed by atoms with van der Waals surface area (Å²) in [5.41, 5.74) is -1.69. The van der Waals surface area contributed by atoms with Crippen LogP contribution < -0.4 is 5.32 Å². The van der Waals surface area contributed by atoms with Gasteiger partial charge in [0.05, 0.1) is 17.6 Å². The van der Waals surface area contributed by atoms with Crippen molar-refractivity contribution in [3.8, 4) is 0 Å². The summed E-state index contributed by atoms with van der Waals surface area (Å²) >= 11 is 0. The van der Waals surface area contributed by atoms with Crippen molar-refractivity contribution in [1.29, 1.82) is 0 Å². The molecule has 3 amide bonds. The number of nitrogens with zero attached hydrogens (tertiary/aromatic N) is 2. The van der Waals surface area contributed by atoms with E-state index in [9.17, 15) is 36.7 Å². The van der Waals surface area contributed by atoms with Gasteiger partial charge in [-0.15, -0.1) is 0 Å². The van der Waals surface area contributed by atoms with Gasteiger partial charge in [0.2, 0.25) is 11.9 Å². The van der Waals surface area contributed by atoms with Gasteiger partial charge in [-0.05, 0) is 38.0 Å². The van der Waals surface area contributed by atoms with Crippen molar-refractivity contribution >= 4 is 30.0 Å². The highest BCUT2D eigenvalue weighted by Crippen LogP contribution is 2.39. The van der Waals surface area contributed by atoms with Crippen LogP contribution >= 0.6 is 0 Å². The van der Waals surface area contributed by atoms with E-state index in [4.69, 9.17) is 9.47 Å². The fraction of sp³-hybridized carbons (Fsp3) is 0.314. The fourth-order valence-electron chi connectivity index (χ4n) is 5.66. The van der Waals surface area contributed by atoms with E-state index in [-0.39, 0.29) is 6.61 Å². The van der Waals surface area contributed by atoms with Crippen molar-refractivity contribution < 1.29 is 46.2 Å². The minimum atomic E-state index is -4.98. The number of hydrogen-bond acceptors (Lipinski definition) is 6. The van der Waals surface area contributed by atoms with Crippen LogP contribution in [-0.4, -0.2) is 64.0 Å². The lowest BCUT2D eigenvalue weighted by atomic mass is 9.88. The molecule has 0 aliphatic carbocycles. The van der Waals surface area contributed by atoms with Crippen molar-refractivity contribution in [2.75, 3.05) is 6.61 Å². The quantitative estimate of drug-likeness (QED) is 0.137. The molecule has 1 unspecified atom stereocenters. The van der Waals surface area contributed by atoms with E-state index < -0.39 is 83.3 Å². The molecule has 3 aromatic carbocycles. The molecule has 3 aromatic rings. The van der Waals surface area contributed by atoms with E-state index in [1.54, 1.807) is 93.6 Å². The van der Waals surface area contributed by atoms with Crippen LogP contribution in [0.3, 0.4) is 0 Å². The SMILES string of the molecule is CC(C)(C)OC(=O)C(C(=O)NCc1cccc(C(F)(F)F)c1F)N1C(=O)[C@@H](N2C(=O)OC[C@@H]2c2ccccc2)[C@H]1C=Cc1ccccc1. The molecule has 0 spiro atoms. The minimum Gasteiger partial charge on any atom is -0.458 e. The maximum absolute atomic E-state index is 14.8. The largest absolute Gasteiger partial charge is 0.458 e. The Hall–Kier alpha value is -5.20. The average Bonchev–Trinajstić information content (AvgIpc) is 3.40. The molecule has 2 saturated heterocycles. The first kappa shape index (κ1) is 34.1. The first-order valence-electron chi connectivity index (χ1n) is 15.1. The second kappa shape index (κ2) is 13.5. The molecule has 2 aliphatic heterocycles. The molecular weight excluding hydrogens is 634 g/mol. The molecule has 252 valence electrons. The number of halogens is 4. The van der Waals surface area contributed by atoms with Gasteiger partial charge in [0.15, 0.2) is 0 Å². The van der Waals surface area contributed by atoms with Crippen molar-refractivity contribution in [3.63, 3.8) is 0 Å². The number of alkyl halides is 3. The Morgan fingerprint density at radius 3 is 2.25 bits per heavy atom. The molecule has 0 radical (unpaired) electrons. The minimum absolute atomic E-state index is 0.0414. The van der Waals surface area contributed by atoms with Crippen LogP contribution in [0.5, 0.6) is 0 Å². The molecule has 2 heterocycles. The Bertz CT molecular complexity index is 1710. The molecule has 4 atom stereocenters. The molecule has 5 rings (SSSR count). The van der Waals surface area contributed by atoms with E-state index in [2.05, 4.69) is 5.32 Å². The van der Waals surface area contributed by atoms with Gasteiger partial charge in [0.1, 0.15) is 24.1 Å². The molecule has 2 aliphatic rings. The van der Waals surface area contributed by atoms with Crippen LogP contribution in [0.1, 0.15) is 49.1 Å². The zero-order chi connectivity index (χ0) is 34.8. The maximum atomic E-state index is 14.8. The number of hydrogen-bond donors (Lipinski definition) is 1. The number of carbonyl (C=O) groups excluding carboxylic acids is 4. The van der Waals surface area contributed by atoms with Gasteiger partial charge in [-0.25, -0.2) is 14.0 Å². The Kier molecular flexibility index (Phi) is 9.60. The third-order valence-corrected chi connectivity index (χ3v) is 7.83. The third-order valence-electron chi connectivity index (χ3n) is 7.83. The van der Waals surface area contributed by atoms with Gasteiger partial charge in [-0.3, -0.25) is 14.5 Å². The monoisotopic (exact) mass is 667 g/mol. The molecule has 48 heavy (non-hydrogen) atoms. The third kappa shape index (κ3) is 7.19. The normalized spacial score (nSPS) is 20.4. The van der Waals surface area contributed by atoms with Crippen molar-refractivity contribution in [2.24, 2.45) is 0 Å². The molecule has 0 aromatic heterocycles. The van der Waals surface area contributed by atoms with E-state index in [0.717, 1.165) is 22.6 Å². The van der Waals surface area contributed by atoms with Crippen molar-refractivity contribution in [3.05, 3.63) is 113 Å². The Balaban J connectivity index is 1.51. The van der Waals surface area contributed by atoms with E-state index in [1.165, 1.54) is 4.90 Å². The highest BCUT2D eigenvalue weighted by atomic mass is 19.4. The highest BCUT2D eigenvalue weighted by molar-refractivity contribution is 6.08. The topological polar surface area (TPSA) is 105 Å². The molecule has 1 N–H and O–H groups in total. The van der Waals surface area contributed by atoms with Crippen LogP contribution in [0.2, 0.25) is 0 Å². The number of cyclic esters (lactones) is 1. The van der Waals surface area contributed by atoms with Crippen LogP contribution in [0.25, 0.3) is 6.08 Å². The maximum Gasteiger partial charge on any atom is 0.419 e. The lowest BCUT2D eigenvalue weighted by Crippen LogP contribution is -2.75. The first-order chi connectivity index (χ1) is 22.7. The van der Waals surface area contributed by atoms with Gasteiger partial charge in [-0.2, -0.15) is 13.2 Å². The number of nitrogens with one attached hydrogen (secondary N) is 1. The van der Waals surface area contributed by atoms with E-state index >= 15 is 0 Å². The smallest absolute Gasteiger partial charge is 0.419 e. The summed E-state index contributed by atoms with van der Waals surface area (Å²) in [6, 6.07) is 15.6. The summed E-state index contributed by atoms with van der Waals surface area (Å²) in [7, 11) is 0. The molecule has 9 nitrogen and oxygen atoms in total. The van der Waals surface area contributed by atoms with Crippen LogP contribution in [-0.2, 0) is 36.6 Å². The summed E-state index contributed by atoms with van der Waals surface area (Å²) < 4.78 is 65.6. The number of esters is 1.